The van der Waals surface area contributed by atoms with Crippen molar-refractivity contribution in [2.24, 2.45) is 0 Å². The Kier molecular flexibility index (Phi) is 5.28. The minimum absolute atomic E-state index is 0.572. The molecular formula is C24H28N2O. The van der Waals surface area contributed by atoms with E-state index in [-0.39, 0.29) is 0 Å². The van der Waals surface area contributed by atoms with Crippen molar-refractivity contribution in [1.82, 2.24) is 4.98 Å². The van der Waals surface area contributed by atoms with Crippen LogP contribution in [-0.2, 0) is 6.61 Å². The molecule has 0 spiro atoms. The van der Waals surface area contributed by atoms with Gasteiger partial charge in [0.2, 0.25) is 0 Å². The summed E-state index contributed by atoms with van der Waals surface area (Å²) in [4.78, 5) is 7.42. The number of aromatic nitrogens is 1. The molecule has 4 rings (SSSR count). The number of nitrogens with zero attached hydrogens (tertiary/aromatic N) is 2. The van der Waals surface area contributed by atoms with Gasteiger partial charge in [0.15, 0.2) is 0 Å². The minimum Gasteiger partial charge on any atom is -0.487 e. The van der Waals surface area contributed by atoms with Crippen molar-refractivity contribution in [3.05, 3.63) is 65.2 Å². The average molecular weight is 361 g/mol. The molecule has 0 saturated carbocycles. The van der Waals surface area contributed by atoms with Crippen LogP contribution in [0.25, 0.3) is 10.9 Å². The number of benzene rings is 2. The first kappa shape index (κ1) is 17.8. The molecule has 2 aromatic carbocycles. The Morgan fingerprint density at radius 2 is 1.74 bits per heavy atom. The molecule has 2 heterocycles. The van der Waals surface area contributed by atoms with Gasteiger partial charge in [-0.1, -0.05) is 48.7 Å². The van der Waals surface area contributed by atoms with Crippen LogP contribution in [0.4, 0.5) is 5.82 Å². The van der Waals surface area contributed by atoms with E-state index in [4.69, 9.17) is 9.72 Å². The molecule has 3 nitrogen and oxygen atoms in total. The number of anilines is 1. The van der Waals surface area contributed by atoms with Crippen molar-refractivity contribution in [2.45, 2.75) is 46.1 Å². The second-order valence-corrected chi connectivity index (χ2v) is 7.62. The van der Waals surface area contributed by atoms with E-state index in [1.54, 1.807) is 0 Å². The molecule has 1 fully saturated rings. The van der Waals surface area contributed by atoms with Crippen molar-refractivity contribution in [3.8, 4) is 5.75 Å². The molecule has 0 unspecified atom stereocenters. The molecule has 27 heavy (non-hydrogen) atoms. The number of fused-ring (bicyclic) bond motifs is 1. The number of rotatable bonds is 4. The van der Waals surface area contributed by atoms with Crippen molar-refractivity contribution in [3.63, 3.8) is 0 Å². The largest absolute Gasteiger partial charge is 0.487 e. The van der Waals surface area contributed by atoms with Gasteiger partial charge in [-0.3, -0.25) is 0 Å². The zero-order chi connectivity index (χ0) is 18.6. The maximum atomic E-state index is 6.23. The van der Waals surface area contributed by atoms with Gasteiger partial charge >= 0.3 is 0 Å². The van der Waals surface area contributed by atoms with Crippen molar-refractivity contribution in [1.29, 1.82) is 0 Å². The van der Waals surface area contributed by atoms with Crippen molar-refractivity contribution >= 4 is 16.7 Å². The van der Waals surface area contributed by atoms with Gasteiger partial charge in [-0.25, -0.2) is 4.98 Å². The van der Waals surface area contributed by atoms with E-state index in [0.29, 0.717) is 6.61 Å². The predicted molar refractivity (Wildman–Crippen MR) is 113 cm³/mol. The van der Waals surface area contributed by atoms with E-state index in [1.807, 2.05) is 12.1 Å². The van der Waals surface area contributed by atoms with Crippen LogP contribution in [0.15, 0.2) is 48.5 Å². The molecule has 1 aliphatic rings. The maximum Gasteiger partial charge on any atom is 0.146 e. The zero-order valence-electron chi connectivity index (χ0n) is 16.4. The molecule has 1 aromatic heterocycles. The first-order chi connectivity index (χ1) is 13.2. The van der Waals surface area contributed by atoms with E-state index >= 15 is 0 Å². The molecular weight excluding hydrogens is 332 g/mol. The minimum atomic E-state index is 0.572. The molecule has 0 atom stereocenters. The summed E-state index contributed by atoms with van der Waals surface area (Å²) in [6.45, 7) is 7.03. The summed E-state index contributed by atoms with van der Waals surface area (Å²) in [5.74, 6) is 1.94. The summed E-state index contributed by atoms with van der Waals surface area (Å²) >= 11 is 0. The molecule has 0 amide bonds. The fraction of sp³-hybridized carbons (Fsp3) is 0.375. The van der Waals surface area contributed by atoms with Crippen LogP contribution in [0.1, 0.15) is 42.4 Å². The van der Waals surface area contributed by atoms with Gasteiger partial charge in [0.05, 0.1) is 0 Å². The highest BCUT2D eigenvalue weighted by Gasteiger charge is 2.13. The summed E-state index contributed by atoms with van der Waals surface area (Å²) < 4.78 is 6.23. The molecule has 1 aliphatic heterocycles. The Morgan fingerprint density at radius 1 is 0.926 bits per heavy atom. The van der Waals surface area contributed by atoms with Crippen LogP contribution >= 0.6 is 0 Å². The van der Waals surface area contributed by atoms with E-state index < -0.39 is 0 Å². The van der Waals surface area contributed by atoms with Gasteiger partial charge in [0, 0.05) is 18.5 Å². The SMILES string of the molecule is Cc1ccc(C)c(COc2cccc3ccc(N4CCCCCC4)nc23)c1. The monoisotopic (exact) mass is 360 g/mol. The molecule has 1 saturated heterocycles. The molecule has 3 heteroatoms. The van der Waals surface area contributed by atoms with Crippen LogP contribution in [0.3, 0.4) is 0 Å². The third kappa shape index (κ3) is 4.08. The van der Waals surface area contributed by atoms with Crippen LogP contribution in [-0.4, -0.2) is 18.1 Å². The molecule has 0 aliphatic carbocycles. The number of para-hydroxylation sites is 1. The Morgan fingerprint density at radius 3 is 2.56 bits per heavy atom. The van der Waals surface area contributed by atoms with Gasteiger partial charge in [-0.05, 0) is 56.0 Å². The van der Waals surface area contributed by atoms with Gasteiger partial charge in [-0.2, -0.15) is 0 Å². The third-order valence-electron chi connectivity index (χ3n) is 5.49. The Labute approximate surface area is 162 Å². The molecule has 0 bridgehead atoms. The first-order valence-electron chi connectivity index (χ1n) is 10.0. The van der Waals surface area contributed by atoms with Gasteiger partial charge in [0.1, 0.15) is 23.7 Å². The lowest BCUT2D eigenvalue weighted by Crippen LogP contribution is -2.24. The molecule has 140 valence electrons. The Bertz CT molecular complexity index is 927. The lowest BCUT2D eigenvalue weighted by molar-refractivity contribution is 0.308. The fourth-order valence-electron chi connectivity index (χ4n) is 3.81. The Hall–Kier alpha value is -2.55. The average Bonchev–Trinajstić information content (AvgIpc) is 2.98. The van der Waals surface area contributed by atoms with Crippen molar-refractivity contribution in [2.75, 3.05) is 18.0 Å². The normalized spacial score (nSPS) is 15.0. The van der Waals surface area contributed by atoms with E-state index in [9.17, 15) is 0 Å². The Balaban J connectivity index is 1.62. The second kappa shape index (κ2) is 7.99. The summed E-state index contributed by atoms with van der Waals surface area (Å²) in [5, 5.41) is 1.13. The van der Waals surface area contributed by atoms with Gasteiger partial charge in [0.25, 0.3) is 0 Å². The standard InChI is InChI=1S/C24H28N2O/c1-18-10-11-19(2)21(16-18)17-27-22-9-7-8-20-12-13-23(25-24(20)22)26-14-5-3-4-6-15-26/h7-13,16H,3-6,14-15,17H2,1-2H3. The van der Waals surface area contributed by atoms with E-state index in [1.165, 1.54) is 42.4 Å². The number of ether oxygens (including phenoxy) is 1. The highest BCUT2D eigenvalue weighted by Crippen LogP contribution is 2.28. The number of hydrogen-bond acceptors (Lipinski definition) is 3. The third-order valence-corrected chi connectivity index (χ3v) is 5.49. The van der Waals surface area contributed by atoms with E-state index in [0.717, 1.165) is 35.6 Å². The summed E-state index contributed by atoms with van der Waals surface area (Å²) in [6.07, 6.45) is 5.16. The molecule has 0 N–H and O–H groups in total. The highest BCUT2D eigenvalue weighted by atomic mass is 16.5. The fourth-order valence-corrected chi connectivity index (χ4v) is 3.81. The number of hydrogen-bond donors (Lipinski definition) is 0. The maximum absolute atomic E-state index is 6.23. The molecule has 3 aromatic rings. The highest BCUT2D eigenvalue weighted by molar-refractivity contribution is 5.86. The van der Waals surface area contributed by atoms with Gasteiger partial charge < -0.3 is 9.64 Å². The number of pyridine rings is 1. The second-order valence-electron chi connectivity index (χ2n) is 7.62. The molecule has 0 radical (unpaired) electrons. The van der Waals surface area contributed by atoms with E-state index in [2.05, 4.69) is 55.1 Å². The lowest BCUT2D eigenvalue weighted by atomic mass is 10.1. The lowest BCUT2D eigenvalue weighted by Gasteiger charge is -2.22. The zero-order valence-corrected chi connectivity index (χ0v) is 16.4. The van der Waals surface area contributed by atoms with Crippen molar-refractivity contribution < 1.29 is 4.74 Å². The predicted octanol–water partition coefficient (Wildman–Crippen LogP) is 5.81. The summed E-state index contributed by atoms with van der Waals surface area (Å²) in [6, 6.07) is 17.0. The quantitative estimate of drug-likeness (QED) is 0.587. The summed E-state index contributed by atoms with van der Waals surface area (Å²) in [5.41, 5.74) is 4.72. The van der Waals surface area contributed by atoms with Gasteiger partial charge in [-0.15, -0.1) is 0 Å². The smallest absolute Gasteiger partial charge is 0.146 e. The summed E-state index contributed by atoms with van der Waals surface area (Å²) in [7, 11) is 0. The first-order valence-corrected chi connectivity index (χ1v) is 10.0. The van der Waals surface area contributed by atoms with Crippen LogP contribution < -0.4 is 9.64 Å². The number of aryl methyl sites for hydroxylation is 2. The van der Waals surface area contributed by atoms with Crippen LogP contribution in [0, 0.1) is 13.8 Å². The topological polar surface area (TPSA) is 25.4 Å². The van der Waals surface area contributed by atoms with Crippen LogP contribution in [0.2, 0.25) is 0 Å². The van der Waals surface area contributed by atoms with Crippen LogP contribution in [0.5, 0.6) is 5.75 Å².